The van der Waals surface area contributed by atoms with E-state index in [2.05, 4.69) is 22.6 Å². The molecule has 0 radical (unpaired) electrons. The summed E-state index contributed by atoms with van der Waals surface area (Å²) in [5.41, 5.74) is 6.71. The molecule has 0 heterocycles. The zero-order chi connectivity index (χ0) is 11.4. The molecule has 1 aromatic carbocycles. The van der Waals surface area contributed by atoms with Crippen LogP contribution < -0.4 is 10.5 Å². The lowest BCUT2D eigenvalue weighted by Crippen LogP contribution is -2.15. The Morgan fingerprint density at radius 1 is 1.12 bits per heavy atom. The molecule has 0 aliphatic heterocycles. The highest BCUT2D eigenvalue weighted by molar-refractivity contribution is 14.1. The van der Waals surface area contributed by atoms with Crippen LogP contribution in [0.3, 0.4) is 0 Å². The van der Waals surface area contributed by atoms with Crippen molar-refractivity contribution in [2.45, 2.75) is 44.6 Å². The summed E-state index contributed by atoms with van der Waals surface area (Å²) in [5, 5.41) is 0. The van der Waals surface area contributed by atoms with E-state index in [4.69, 9.17) is 10.5 Å². The van der Waals surface area contributed by atoms with Gasteiger partial charge >= 0.3 is 0 Å². The largest absolute Gasteiger partial charge is 0.488 e. The Kier molecular flexibility index (Phi) is 4.32. The first-order chi connectivity index (χ1) is 7.75. The number of hydrogen-bond donors (Lipinski definition) is 1. The van der Waals surface area contributed by atoms with E-state index < -0.39 is 0 Å². The predicted molar refractivity (Wildman–Crippen MR) is 75.7 cm³/mol. The van der Waals surface area contributed by atoms with E-state index in [0.717, 1.165) is 15.0 Å². The highest BCUT2D eigenvalue weighted by atomic mass is 127. The molecule has 0 saturated heterocycles. The molecule has 0 aromatic heterocycles. The Bertz CT molecular complexity index is 346. The van der Waals surface area contributed by atoms with Crippen molar-refractivity contribution >= 4 is 28.3 Å². The van der Waals surface area contributed by atoms with Gasteiger partial charge in [0.25, 0.3) is 0 Å². The Morgan fingerprint density at radius 2 is 1.81 bits per heavy atom. The average Bonchev–Trinajstić information content (AvgIpc) is 2.51. The van der Waals surface area contributed by atoms with Gasteiger partial charge in [-0.15, -0.1) is 0 Å². The van der Waals surface area contributed by atoms with Crippen LogP contribution in [0.4, 0.5) is 5.69 Å². The summed E-state index contributed by atoms with van der Waals surface area (Å²) in [6.07, 6.45) is 7.98. The van der Waals surface area contributed by atoms with E-state index in [1.165, 1.54) is 38.5 Å². The van der Waals surface area contributed by atoms with Crippen LogP contribution in [0, 0.1) is 3.57 Å². The van der Waals surface area contributed by atoms with Gasteiger partial charge < -0.3 is 10.5 Å². The maximum Gasteiger partial charge on any atom is 0.142 e. The van der Waals surface area contributed by atoms with Gasteiger partial charge in [-0.25, -0.2) is 0 Å². The van der Waals surface area contributed by atoms with Crippen molar-refractivity contribution in [3.63, 3.8) is 0 Å². The van der Waals surface area contributed by atoms with Crippen molar-refractivity contribution in [2.75, 3.05) is 5.73 Å². The fraction of sp³-hybridized carbons (Fsp3) is 0.538. The molecule has 16 heavy (non-hydrogen) atoms. The van der Waals surface area contributed by atoms with E-state index in [1.807, 2.05) is 18.2 Å². The molecule has 0 bridgehead atoms. The van der Waals surface area contributed by atoms with Gasteiger partial charge in [-0.1, -0.05) is 12.8 Å². The molecular formula is C13H18INO. The first-order valence-electron chi connectivity index (χ1n) is 5.97. The molecular weight excluding hydrogens is 313 g/mol. The minimum absolute atomic E-state index is 0.366. The number of nitrogen functional groups attached to an aromatic ring is 1. The van der Waals surface area contributed by atoms with Gasteiger partial charge in [-0.05, 0) is 66.5 Å². The van der Waals surface area contributed by atoms with Crippen LogP contribution in [0.1, 0.15) is 38.5 Å². The molecule has 1 aliphatic rings. The molecule has 2 N–H and O–H groups in total. The standard InChI is InChI=1S/C13H18INO/c14-10-7-8-13(12(15)9-10)16-11-5-3-1-2-4-6-11/h7-9,11H,1-6,15H2. The van der Waals surface area contributed by atoms with Crippen LogP contribution in [0.2, 0.25) is 0 Å². The SMILES string of the molecule is Nc1cc(I)ccc1OC1CCCCCC1. The Labute approximate surface area is 111 Å². The van der Waals surface area contributed by atoms with Crippen LogP contribution in [0.5, 0.6) is 5.75 Å². The third kappa shape index (κ3) is 3.27. The van der Waals surface area contributed by atoms with Crippen LogP contribution >= 0.6 is 22.6 Å². The van der Waals surface area contributed by atoms with Crippen molar-refractivity contribution in [3.05, 3.63) is 21.8 Å². The summed E-state index contributed by atoms with van der Waals surface area (Å²) in [7, 11) is 0. The predicted octanol–water partition coefficient (Wildman–Crippen LogP) is 3.98. The number of hydrogen-bond acceptors (Lipinski definition) is 2. The number of anilines is 1. The fourth-order valence-corrected chi connectivity index (χ4v) is 2.68. The highest BCUT2D eigenvalue weighted by Crippen LogP contribution is 2.28. The van der Waals surface area contributed by atoms with Crippen LogP contribution in [0.25, 0.3) is 0 Å². The maximum atomic E-state index is 5.99. The molecule has 0 amide bonds. The molecule has 1 aromatic rings. The smallest absolute Gasteiger partial charge is 0.142 e. The minimum atomic E-state index is 0.366. The quantitative estimate of drug-likeness (QED) is 0.505. The van der Waals surface area contributed by atoms with E-state index in [-0.39, 0.29) is 0 Å². The molecule has 0 unspecified atom stereocenters. The number of ether oxygens (including phenoxy) is 1. The summed E-state index contributed by atoms with van der Waals surface area (Å²) >= 11 is 2.26. The molecule has 0 atom stereocenters. The second-order valence-electron chi connectivity index (χ2n) is 4.41. The van der Waals surface area contributed by atoms with E-state index in [1.54, 1.807) is 0 Å². The molecule has 3 heteroatoms. The average molecular weight is 331 g/mol. The van der Waals surface area contributed by atoms with Gasteiger partial charge in [0.05, 0.1) is 11.8 Å². The lowest BCUT2D eigenvalue weighted by molar-refractivity contribution is 0.185. The Hall–Kier alpha value is -0.450. The zero-order valence-electron chi connectivity index (χ0n) is 9.42. The third-order valence-corrected chi connectivity index (χ3v) is 3.74. The van der Waals surface area contributed by atoms with Crippen molar-refractivity contribution in [1.29, 1.82) is 0 Å². The third-order valence-electron chi connectivity index (χ3n) is 3.07. The number of halogens is 1. The summed E-state index contributed by atoms with van der Waals surface area (Å²) < 4.78 is 7.15. The molecule has 2 rings (SSSR count). The lowest BCUT2D eigenvalue weighted by Gasteiger charge is -2.18. The molecule has 1 aliphatic carbocycles. The molecule has 88 valence electrons. The minimum Gasteiger partial charge on any atom is -0.488 e. The van der Waals surface area contributed by atoms with Crippen molar-refractivity contribution in [2.24, 2.45) is 0 Å². The summed E-state index contributed by atoms with van der Waals surface area (Å²) in [6.45, 7) is 0. The topological polar surface area (TPSA) is 35.2 Å². The molecule has 1 fully saturated rings. The van der Waals surface area contributed by atoms with Gasteiger partial charge in [0.15, 0.2) is 0 Å². The van der Waals surface area contributed by atoms with Gasteiger partial charge in [-0.2, -0.15) is 0 Å². The second-order valence-corrected chi connectivity index (χ2v) is 5.66. The van der Waals surface area contributed by atoms with Gasteiger partial charge in [-0.3, -0.25) is 0 Å². The van der Waals surface area contributed by atoms with Crippen LogP contribution in [-0.2, 0) is 0 Å². The van der Waals surface area contributed by atoms with Crippen LogP contribution in [-0.4, -0.2) is 6.10 Å². The van der Waals surface area contributed by atoms with Gasteiger partial charge in [0.2, 0.25) is 0 Å². The molecule has 1 saturated carbocycles. The number of nitrogens with two attached hydrogens (primary N) is 1. The second kappa shape index (κ2) is 5.75. The molecule has 2 nitrogen and oxygen atoms in total. The normalized spacial score (nSPS) is 18.1. The molecule has 0 spiro atoms. The summed E-state index contributed by atoms with van der Waals surface area (Å²) in [6, 6.07) is 6.00. The van der Waals surface area contributed by atoms with Crippen molar-refractivity contribution in [1.82, 2.24) is 0 Å². The first kappa shape index (κ1) is 12.0. The van der Waals surface area contributed by atoms with E-state index >= 15 is 0 Å². The Morgan fingerprint density at radius 3 is 2.44 bits per heavy atom. The van der Waals surface area contributed by atoms with Crippen molar-refractivity contribution < 1.29 is 4.74 Å². The Balaban J connectivity index is 2.01. The van der Waals surface area contributed by atoms with Crippen molar-refractivity contribution in [3.8, 4) is 5.75 Å². The first-order valence-corrected chi connectivity index (χ1v) is 7.05. The fourth-order valence-electron chi connectivity index (χ4n) is 2.17. The lowest BCUT2D eigenvalue weighted by atomic mass is 10.1. The number of rotatable bonds is 2. The van der Waals surface area contributed by atoms with Crippen LogP contribution in [0.15, 0.2) is 18.2 Å². The summed E-state index contributed by atoms with van der Waals surface area (Å²) in [5.74, 6) is 0.854. The number of benzene rings is 1. The van der Waals surface area contributed by atoms with Gasteiger partial charge in [0, 0.05) is 3.57 Å². The zero-order valence-corrected chi connectivity index (χ0v) is 11.6. The van der Waals surface area contributed by atoms with Gasteiger partial charge in [0.1, 0.15) is 5.75 Å². The van der Waals surface area contributed by atoms with E-state index in [9.17, 15) is 0 Å². The van der Waals surface area contributed by atoms with E-state index in [0.29, 0.717) is 6.10 Å². The highest BCUT2D eigenvalue weighted by Gasteiger charge is 2.14. The summed E-state index contributed by atoms with van der Waals surface area (Å²) in [4.78, 5) is 0. The maximum absolute atomic E-state index is 5.99. The monoisotopic (exact) mass is 331 g/mol.